The van der Waals surface area contributed by atoms with Crippen LogP contribution in [0.2, 0.25) is 0 Å². The minimum atomic E-state index is -0.276. The Morgan fingerprint density at radius 1 is 0.968 bits per heavy atom. The molecule has 1 amide bonds. The Kier molecular flexibility index (Phi) is 8.15. The van der Waals surface area contributed by atoms with Crippen molar-refractivity contribution in [2.75, 3.05) is 51.4 Å². The van der Waals surface area contributed by atoms with Crippen molar-refractivity contribution in [1.82, 2.24) is 4.90 Å². The van der Waals surface area contributed by atoms with Gasteiger partial charge >= 0.3 is 5.97 Å². The molecule has 0 atom stereocenters. The minimum absolute atomic E-state index is 0.0537. The van der Waals surface area contributed by atoms with Gasteiger partial charge in [-0.05, 0) is 36.2 Å². The highest BCUT2D eigenvalue weighted by Gasteiger charge is 2.22. The van der Waals surface area contributed by atoms with Gasteiger partial charge in [0.05, 0.1) is 20.1 Å². The maximum Gasteiger partial charge on any atom is 0.310 e. The second-order valence-electron chi connectivity index (χ2n) is 7.37. The van der Waals surface area contributed by atoms with E-state index in [1.54, 1.807) is 18.2 Å². The van der Waals surface area contributed by atoms with Crippen LogP contribution in [-0.4, -0.2) is 63.3 Å². The van der Waals surface area contributed by atoms with Crippen molar-refractivity contribution in [3.05, 3.63) is 54.1 Å². The quantitative estimate of drug-likeness (QED) is 0.575. The van der Waals surface area contributed by atoms with Crippen molar-refractivity contribution in [2.24, 2.45) is 0 Å². The molecule has 1 aliphatic heterocycles. The lowest BCUT2D eigenvalue weighted by atomic mass is 10.1. The van der Waals surface area contributed by atoms with Crippen LogP contribution in [0.5, 0.6) is 11.5 Å². The zero-order chi connectivity index (χ0) is 22.1. The molecule has 0 radical (unpaired) electrons. The van der Waals surface area contributed by atoms with Crippen LogP contribution in [0.4, 0.5) is 5.69 Å². The summed E-state index contributed by atoms with van der Waals surface area (Å²) < 4.78 is 16.2. The maximum atomic E-state index is 12.6. The number of ether oxygens (including phenoxy) is 3. The van der Waals surface area contributed by atoms with E-state index in [2.05, 4.69) is 17.0 Å². The number of piperazine rings is 1. The Bertz CT molecular complexity index is 864. The van der Waals surface area contributed by atoms with Crippen LogP contribution in [0.1, 0.15) is 18.9 Å². The number of esters is 1. The molecule has 0 N–H and O–H groups in total. The number of carbonyl (C=O) groups is 2. The topological polar surface area (TPSA) is 68.3 Å². The Labute approximate surface area is 183 Å². The van der Waals surface area contributed by atoms with Crippen LogP contribution >= 0.6 is 0 Å². The molecule has 0 spiro atoms. The monoisotopic (exact) mass is 426 g/mol. The summed E-state index contributed by atoms with van der Waals surface area (Å²) in [6.07, 6.45) is 0.957. The fraction of sp³-hybridized carbons (Fsp3) is 0.417. The van der Waals surface area contributed by atoms with Gasteiger partial charge in [0.25, 0.3) is 5.91 Å². The Balaban J connectivity index is 1.50. The predicted molar refractivity (Wildman–Crippen MR) is 119 cm³/mol. The number of para-hydroxylation sites is 1. The van der Waals surface area contributed by atoms with Gasteiger partial charge in [0.1, 0.15) is 0 Å². The molecule has 1 heterocycles. The second kappa shape index (κ2) is 11.2. The highest BCUT2D eigenvalue weighted by Crippen LogP contribution is 2.28. The van der Waals surface area contributed by atoms with Crippen molar-refractivity contribution < 1.29 is 23.8 Å². The molecule has 0 saturated carbocycles. The van der Waals surface area contributed by atoms with Gasteiger partial charge in [-0.1, -0.05) is 31.2 Å². The molecule has 2 aromatic rings. The van der Waals surface area contributed by atoms with Crippen LogP contribution in [0.3, 0.4) is 0 Å². The van der Waals surface area contributed by atoms with Crippen LogP contribution < -0.4 is 14.4 Å². The van der Waals surface area contributed by atoms with E-state index >= 15 is 0 Å². The van der Waals surface area contributed by atoms with E-state index in [1.807, 2.05) is 30.0 Å². The molecule has 1 saturated heterocycles. The van der Waals surface area contributed by atoms with Gasteiger partial charge in [-0.2, -0.15) is 0 Å². The first-order chi connectivity index (χ1) is 15.1. The molecule has 0 bridgehead atoms. The zero-order valence-corrected chi connectivity index (χ0v) is 18.2. The van der Waals surface area contributed by atoms with Crippen molar-refractivity contribution in [1.29, 1.82) is 0 Å². The van der Waals surface area contributed by atoms with Crippen molar-refractivity contribution in [3.63, 3.8) is 0 Å². The third kappa shape index (κ3) is 6.38. The molecule has 166 valence electrons. The van der Waals surface area contributed by atoms with Crippen molar-refractivity contribution >= 4 is 17.6 Å². The number of benzene rings is 2. The lowest BCUT2D eigenvalue weighted by Crippen LogP contribution is -2.50. The molecule has 0 aliphatic carbocycles. The minimum Gasteiger partial charge on any atom is -0.493 e. The van der Waals surface area contributed by atoms with E-state index < -0.39 is 0 Å². The van der Waals surface area contributed by atoms with Crippen molar-refractivity contribution in [2.45, 2.75) is 19.8 Å². The largest absolute Gasteiger partial charge is 0.493 e. The van der Waals surface area contributed by atoms with Gasteiger partial charge in [-0.25, -0.2) is 0 Å². The van der Waals surface area contributed by atoms with E-state index in [4.69, 9.17) is 14.2 Å². The highest BCUT2D eigenvalue weighted by molar-refractivity contribution is 5.78. The first-order valence-corrected chi connectivity index (χ1v) is 10.6. The lowest BCUT2D eigenvalue weighted by Gasteiger charge is -2.36. The summed E-state index contributed by atoms with van der Waals surface area (Å²) >= 11 is 0. The molecule has 2 aromatic carbocycles. The summed E-state index contributed by atoms with van der Waals surface area (Å²) in [6, 6.07) is 15.5. The molecule has 0 aromatic heterocycles. The number of methoxy groups -OCH3 is 1. The number of rotatable bonds is 9. The average molecular weight is 427 g/mol. The molecule has 1 fully saturated rings. The molecule has 31 heavy (non-hydrogen) atoms. The average Bonchev–Trinajstić information content (AvgIpc) is 2.82. The summed E-state index contributed by atoms with van der Waals surface area (Å²) in [4.78, 5) is 28.5. The summed E-state index contributed by atoms with van der Waals surface area (Å²) in [7, 11) is 1.53. The Morgan fingerprint density at radius 2 is 1.71 bits per heavy atom. The molecular weight excluding hydrogens is 396 g/mol. The number of hydrogen-bond acceptors (Lipinski definition) is 6. The molecule has 7 heteroatoms. The van der Waals surface area contributed by atoms with Gasteiger partial charge in [0, 0.05) is 31.9 Å². The van der Waals surface area contributed by atoms with E-state index in [-0.39, 0.29) is 24.9 Å². The van der Waals surface area contributed by atoms with E-state index in [1.165, 1.54) is 12.8 Å². The standard InChI is InChI=1S/C24H30N2O5/c1-3-15-30-24(28)17-19-9-10-21(22(16-19)29-2)31-18-23(27)26-13-11-25(12-14-26)20-7-5-4-6-8-20/h4-10,16H,3,11-15,17-18H2,1-2H3. The first kappa shape index (κ1) is 22.5. The van der Waals surface area contributed by atoms with Crippen molar-refractivity contribution in [3.8, 4) is 11.5 Å². The fourth-order valence-corrected chi connectivity index (χ4v) is 3.46. The zero-order valence-electron chi connectivity index (χ0n) is 18.2. The molecule has 3 rings (SSSR count). The van der Waals surface area contributed by atoms with Gasteiger partial charge in [0.15, 0.2) is 18.1 Å². The summed E-state index contributed by atoms with van der Waals surface area (Å²) in [5.41, 5.74) is 1.95. The number of anilines is 1. The Morgan fingerprint density at radius 3 is 2.39 bits per heavy atom. The fourth-order valence-electron chi connectivity index (χ4n) is 3.46. The molecule has 7 nitrogen and oxygen atoms in total. The summed E-state index contributed by atoms with van der Waals surface area (Å²) in [6.45, 7) is 5.22. The van der Waals surface area contributed by atoms with Crippen LogP contribution in [0, 0.1) is 0 Å². The third-order valence-corrected chi connectivity index (χ3v) is 5.15. The molecule has 0 unspecified atom stereocenters. The van der Waals surface area contributed by atoms with Crippen LogP contribution in [-0.2, 0) is 20.7 Å². The van der Waals surface area contributed by atoms with Gasteiger partial charge in [-0.3, -0.25) is 9.59 Å². The van der Waals surface area contributed by atoms with Gasteiger partial charge in [0.2, 0.25) is 0 Å². The Hall–Kier alpha value is -3.22. The molecular formula is C24H30N2O5. The lowest BCUT2D eigenvalue weighted by molar-refractivity contribution is -0.142. The number of hydrogen-bond donors (Lipinski definition) is 0. The predicted octanol–water partition coefficient (Wildman–Crippen LogP) is 2.92. The van der Waals surface area contributed by atoms with Gasteiger partial charge in [-0.15, -0.1) is 0 Å². The normalized spacial score (nSPS) is 13.6. The summed E-state index contributed by atoms with van der Waals surface area (Å²) in [5, 5.41) is 0. The number of carbonyl (C=O) groups excluding carboxylic acids is 2. The number of nitrogens with zero attached hydrogens (tertiary/aromatic N) is 2. The van der Waals surface area contributed by atoms with E-state index in [9.17, 15) is 9.59 Å². The second-order valence-corrected chi connectivity index (χ2v) is 7.37. The van der Waals surface area contributed by atoms with Crippen LogP contribution in [0.25, 0.3) is 0 Å². The maximum absolute atomic E-state index is 12.6. The highest BCUT2D eigenvalue weighted by atomic mass is 16.5. The van der Waals surface area contributed by atoms with E-state index in [0.717, 1.165) is 25.1 Å². The van der Waals surface area contributed by atoms with E-state index in [0.29, 0.717) is 31.2 Å². The first-order valence-electron chi connectivity index (χ1n) is 10.6. The third-order valence-electron chi connectivity index (χ3n) is 5.15. The van der Waals surface area contributed by atoms with Gasteiger partial charge < -0.3 is 24.0 Å². The smallest absolute Gasteiger partial charge is 0.310 e. The molecule has 1 aliphatic rings. The summed E-state index contributed by atoms with van der Waals surface area (Å²) in [5.74, 6) is 0.635. The number of amides is 1. The SMILES string of the molecule is CCCOC(=O)Cc1ccc(OCC(=O)N2CCN(c3ccccc3)CC2)c(OC)c1. The van der Waals surface area contributed by atoms with Crippen LogP contribution in [0.15, 0.2) is 48.5 Å².